The lowest BCUT2D eigenvalue weighted by atomic mass is 9.99. The number of nitrogen functional groups attached to an aromatic ring is 1. The van der Waals surface area contributed by atoms with E-state index in [4.69, 9.17) is 21.6 Å². The van der Waals surface area contributed by atoms with Crippen molar-refractivity contribution in [2.45, 2.75) is 95.5 Å². The molecule has 0 bridgehead atoms. The number of unbranched alkanes of at least 4 members (excludes halogenated alkanes) is 5. The molecule has 0 radical (unpaired) electrons. The Kier molecular flexibility index (Phi) is 12.3. The summed E-state index contributed by atoms with van der Waals surface area (Å²) in [5, 5.41) is 10.7. The molecule has 1 aliphatic rings. The number of terminal acetylenes is 1. The third kappa shape index (κ3) is 8.73. The number of halogens is 1. The van der Waals surface area contributed by atoms with Gasteiger partial charge in [0.1, 0.15) is 18.9 Å². The zero-order valence-electron chi connectivity index (χ0n) is 23.2. The van der Waals surface area contributed by atoms with Crippen LogP contribution in [0, 0.1) is 18.4 Å². The number of hydrogen-bond donors (Lipinski definition) is 2. The lowest BCUT2D eigenvalue weighted by Crippen LogP contribution is -2.43. The minimum absolute atomic E-state index is 0.0707. The van der Waals surface area contributed by atoms with Gasteiger partial charge in [0.2, 0.25) is 0 Å². The Labute approximate surface area is 235 Å². The normalized spacial score (nSPS) is 21.2. The number of hydrogen-bond acceptors (Lipinski definition) is 8. The van der Waals surface area contributed by atoms with Crippen molar-refractivity contribution in [3.05, 3.63) is 48.9 Å². The van der Waals surface area contributed by atoms with Crippen molar-refractivity contribution in [1.29, 1.82) is 0 Å². The van der Waals surface area contributed by atoms with Crippen LogP contribution in [0.15, 0.2) is 42.8 Å². The van der Waals surface area contributed by atoms with E-state index in [1.54, 1.807) is 0 Å². The number of aliphatic hydroxyl groups is 1. The van der Waals surface area contributed by atoms with Crippen LogP contribution in [0.3, 0.4) is 0 Å². The van der Waals surface area contributed by atoms with E-state index in [0.717, 1.165) is 57.8 Å². The number of ether oxygens (including phenoxy) is 2. The molecule has 10 heteroatoms. The number of esters is 1. The van der Waals surface area contributed by atoms with Gasteiger partial charge in [-0.25, -0.2) is 4.98 Å². The molecule has 216 valence electrons. The highest BCUT2D eigenvalue weighted by Gasteiger charge is 2.49. The molecule has 3 rings (SSSR count). The predicted octanol–water partition coefficient (Wildman–Crippen LogP) is 5.33. The van der Waals surface area contributed by atoms with Gasteiger partial charge in [-0.1, -0.05) is 68.6 Å². The largest absolute Gasteiger partial charge is 0.461 e. The summed E-state index contributed by atoms with van der Waals surface area (Å²) >= 11 is 0. The van der Waals surface area contributed by atoms with Crippen LogP contribution in [0.1, 0.15) is 83.8 Å². The highest BCUT2D eigenvalue weighted by Crippen LogP contribution is 2.38. The number of rotatable bonds is 16. The second-order valence-corrected chi connectivity index (χ2v) is 9.82. The number of aliphatic hydroxyl groups excluding tert-OH is 1. The zero-order chi connectivity index (χ0) is 28.8. The Bertz CT molecular complexity index is 1230. The first-order chi connectivity index (χ1) is 19.4. The summed E-state index contributed by atoms with van der Waals surface area (Å²) < 4.78 is 26.5. The van der Waals surface area contributed by atoms with Crippen LogP contribution in [0.25, 0.3) is 11.2 Å². The van der Waals surface area contributed by atoms with Crippen LogP contribution < -0.4 is 5.73 Å². The van der Waals surface area contributed by atoms with Gasteiger partial charge >= 0.3 is 12.0 Å². The molecular weight excluding hydrogens is 513 g/mol. The lowest BCUT2D eigenvalue weighted by molar-refractivity contribution is -0.156. The summed E-state index contributed by atoms with van der Waals surface area (Å²) in [6.45, 7) is 1.84. The number of aromatic nitrogens is 4. The summed E-state index contributed by atoms with van der Waals surface area (Å²) in [5.74, 6) is 1.94. The molecular formula is C30H40FN5O4. The molecule has 3 heterocycles. The van der Waals surface area contributed by atoms with E-state index in [9.17, 15) is 14.3 Å². The van der Waals surface area contributed by atoms with E-state index < -0.39 is 30.0 Å². The molecule has 3 atom stereocenters. The van der Waals surface area contributed by atoms with Gasteiger partial charge in [-0.3, -0.25) is 9.36 Å². The van der Waals surface area contributed by atoms with Crippen molar-refractivity contribution < 1.29 is 23.8 Å². The number of nitrogens with zero attached hydrogens (tertiary/aromatic N) is 4. The Morgan fingerprint density at radius 2 is 1.90 bits per heavy atom. The third-order valence-corrected chi connectivity index (χ3v) is 6.76. The maximum absolute atomic E-state index is 13.7. The van der Waals surface area contributed by atoms with Gasteiger partial charge in [0.15, 0.2) is 22.6 Å². The number of imidazole rings is 1. The Morgan fingerprint density at radius 3 is 2.65 bits per heavy atom. The topological polar surface area (TPSA) is 125 Å². The first-order valence-corrected chi connectivity index (χ1v) is 14.0. The molecule has 0 spiro atoms. The minimum Gasteiger partial charge on any atom is -0.461 e. The van der Waals surface area contributed by atoms with Gasteiger partial charge in [-0.2, -0.15) is 14.4 Å². The molecule has 2 aromatic rings. The number of carbonyl (C=O) groups excluding carboxylic acids is 1. The second-order valence-electron chi connectivity index (χ2n) is 9.82. The molecule has 9 nitrogen and oxygen atoms in total. The van der Waals surface area contributed by atoms with E-state index in [-0.39, 0.29) is 36.4 Å². The summed E-state index contributed by atoms with van der Waals surface area (Å²) in [6, 6.07) is 0. The molecule has 1 saturated heterocycles. The molecule has 40 heavy (non-hydrogen) atoms. The van der Waals surface area contributed by atoms with Gasteiger partial charge < -0.3 is 20.3 Å². The van der Waals surface area contributed by atoms with Gasteiger partial charge in [-0.05, 0) is 38.5 Å². The molecule has 0 aliphatic carbocycles. The minimum atomic E-state index is -1.54. The highest BCUT2D eigenvalue weighted by molar-refractivity contribution is 5.81. The van der Waals surface area contributed by atoms with Crippen molar-refractivity contribution >= 4 is 23.0 Å². The van der Waals surface area contributed by atoms with Crippen LogP contribution >= 0.6 is 0 Å². The predicted molar refractivity (Wildman–Crippen MR) is 152 cm³/mol. The van der Waals surface area contributed by atoms with E-state index in [2.05, 4.69) is 64.3 Å². The van der Waals surface area contributed by atoms with E-state index >= 15 is 0 Å². The van der Waals surface area contributed by atoms with Gasteiger partial charge in [0.25, 0.3) is 0 Å². The van der Waals surface area contributed by atoms with Gasteiger partial charge in [-0.15, -0.1) is 6.42 Å². The van der Waals surface area contributed by atoms with E-state index in [0.29, 0.717) is 0 Å². The van der Waals surface area contributed by atoms with Crippen molar-refractivity contribution in [2.75, 3.05) is 12.3 Å². The SMILES string of the molecule is C#C[C@]1(COC(=O)CCCCCCC/C=C\C/C=C\C/C=C\CC)O[C@@H](n2cnc3c(N)nc(F)nc32)C[C@@H]1O. The van der Waals surface area contributed by atoms with Crippen molar-refractivity contribution in [3.8, 4) is 12.3 Å². The molecule has 1 aliphatic heterocycles. The van der Waals surface area contributed by atoms with Crippen molar-refractivity contribution in [2.24, 2.45) is 0 Å². The number of allylic oxidation sites excluding steroid dienone is 6. The lowest BCUT2D eigenvalue weighted by Gasteiger charge is -2.26. The monoisotopic (exact) mass is 553 g/mol. The quantitative estimate of drug-likeness (QED) is 0.0939. The van der Waals surface area contributed by atoms with Crippen LogP contribution in [-0.4, -0.2) is 48.9 Å². The maximum atomic E-state index is 13.7. The molecule has 0 aromatic carbocycles. The standard InChI is InChI=1S/C30H40FN5O4/c1-3-5-6-7-8-9-10-11-12-13-14-15-16-17-18-19-25(38)39-21-30(4-2)23(37)20-24(40-30)36-22-33-26-27(32)34-29(31)35-28(26)36/h2,5-6,8-9,11-12,22-24,37H,3,7,10,13-21H2,1H3,(H2,32,34,35)/b6-5-,9-8-,12-11-/t23-,24+,30+/m0/s1. The zero-order valence-corrected chi connectivity index (χ0v) is 23.2. The van der Waals surface area contributed by atoms with Crippen LogP contribution in [0.5, 0.6) is 0 Å². The number of anilines is 1. The molecule has 3 N–H and O–H groups in total. The average Bonchev–Trinajstić information content (AvgIpc) is 3.50. The van der Waals surface area contributed by atoms with Crippen LogP contribution in [0.2, 0.25) is 0 Å². The number of nitrogens with two attached hydrogens (primary N) is 1. The van der Waals surface area contributed by atoms with Gasteiger partial charge in [0, 0.05) is 12.8 Å². The Balaban J connectivity index is 1.32. The fraction of sp³-hybridized carbons (Fsp3) is 0.533. The van der Waals surface area contributed by atoms with Crippen molar-refractivity contribution in [1.82, 2.24) is 19.5 Å². The Hall–Kier alpha value is -3.55. The summed E-state index contributed by atoms with van der Waals surface area (Å²) in [7, 11) is 0. The summed E-state index contributed by atoms with van der Waals surface area (Å²) in [6.07, 6.45) is 26.7. The van der Waals surface area contributed by atoms with Crippen LogP contribution in [-0.2, 0) is 14.3 Å². The first kappa shape index (κ1) is 31.0. The molecule has 0 saturated carbocycles. The molecule has 2 aromatic heterocycles. The number of carbonyl (C=O) groups is 1. The fourth-order valence-corrected chi connectivity index (χ4v) is 4.49. The molecule has 0 amide bonds. The highest BCUT2D eigenvalue weighted by atomic mass is 19.1. The second kappa shape index (κ2) is 15.9. The Morgan fingerprint density at radius 1 is 1.20 bits per heavy atom. The fourth-order valence-electron chi connectivity index (χ4n) is 4.49. The summed E-state index contributed by atoms with van der Waals surface area (Å²) in [5.41, 5.74) is 4.51. The average molecular weight is 554 g/mol. The maximum Gasteiger partial charge on any atom is 0.312 e. The molecule has 0 unspecified atom stereocenters. The molecule has 1 fully saturated rings. The van der Waals surface area contributed by atoms with E-state index in [1.165, 1.54) is 10.9 Å². The first-order valence-electron chi connectivity index (χ1n) is 14.0. The smallest absolute Gasteiger partial charge is 0.312 e. The van der Waals surface area contributed by atoms with Crippen molar-refractivity contribution in [3.63, 3.8) is 0 Å². The van der Waals surface area contributed by atoms with Gasteiger partial charge in [0.05, 0.1) is 6.33 Å². The summed E-state index contributed by atoms with van der Waals surface area (Å²) in [4.78, 5) is 23.6. The number of fused-ring (bicyclic) bond motifs is 1. The van der Waals surface area contributed by atoms with Crippen LogP contribution in [0.4, 0.5) is 10.2 Å². The third-order valence-electron chi connectivity index (χ3n) is 6.76. The van der Waals surface area contributed by atoms with E-state index in [1.807, 2.05) is 0 Å².